The maximum Gasteiger partial charge on any atom is 0.253 e. The van der Waals surface area contributed by atoms with Crippen molar-refractivity contribution in [2.75, 3.05) is 5.32 Å². The van der Waals surface area contributed by atoms with Gasteiger partial charge >= 0.3 is 0 Å². The number of para-hydroxylation sites is 2. The van der Waals surface area contributed by atoms with E-state index in [-0.39, 0.29) is 18.5 Å². The number of nitrogens with zero attached hydrogens (tertiary/aromatic N) is 1. The fourth-order valence-corrected chi connectivity index (χ4v) is 2.73. The Labute approximate surface area is 142 Å². The van der Waals surface area contributed by atoms with Crippen molar-refractivity contribution in [1.29, 1.82) is 0 Å². The Morgan fingerprint density at radius 3 is 2.48 bits per heavy atom. The fourth-order valence-electron chi connectivity index (χ4n) is 2.73. The van der Waals surface area contributed by atoms with Crippen LogP contribution in [0.4, 0.5) is 14.5 Å². The molecule has 6 heteroatoms. The molecule has 0 bridgehead atoms. The van der Waals surface area contributed by atoms with Crippen LogP contribution in [0.15, 0.2) is 53.3 Å². The summed E-state index contributed by atoms with van der Waals surface area (Å²) >= 11 is 0. The Hall–Kier alpha value is -3.02. The molecular formula is C19H16F2N2O2. The number of fused-ring (bicyclic) bond motifs is 1. The third-order valence-electron chi connectivity index (χ3n) is 3.97. The Bertz CT molecular complexity index is 992. The topological polar surface area (TPSA) is 51.1 Å². The van der Waals surface area contributed by atoms with Crippen LogP contribution in [0.1, 0.15) is 12.0 Å². The Morgan fingerprint density at radius 2 is 1.76 bits per heavy atom. The van der Waals surface area contributed by atoms with Gasteiger partial charge in [-0.05, 0) is 36.6 Å². The number of aryl methyl sites for hydroxylation is 2. The van der Waals surface area contributed by atoms with Crippen LogP contribution in [0.25, 0.3) is 10.9 Å². The lowest BCUT2D eigenvalue weighted by Crippen LogP contribution is -2.25. The van der Waals surface area contributed by atoms with Gasteiger partial charge in [-0.1, -0.05) is 24.3 Å². The normalized spacial score (nSPS) is 10.8. The summed E-state index contributed by atoms with van der Waals surface area (Å²) in [5, 5.41) is 3.12. The van der Waals surface area contributed by atoms with Crippen LogP contribution in [-0.4, -0.2) is 10.5 Å². The van der Waals surface area contributed by atoms with Gasteiger partial charge in [0.2, 0.25) is 5.91 Å². The summed E-state index contributed by atoms with van der Waals surface area (Å²) in [5.41, 5.74) is 0.611. The number of carbonyl (C=O) groups excluding carboxylic acids is 1. The molecular weight excluding hydrogens is 326 g/mol. The minimum atomic E-state index is -0.841. The summed E-state index contributed by atoms with van der Waals surface area (Å²) in [5.74, 6) is -2.25. The van der Waals surface area contributed by atoms with Gasteiger partial charge in [0.25, 0.3) is 5.56 Å². The minimum Gasteiger partial charge on any atom is -0.321 e. The molecule has 3 aromatic rings. The first-order valence-electron chi connectivity index (χ1n) is 7.80. The largest absolute Gasteiger partial charge is 0.321 e. The van der Waals surface area contributed by atoms with E-state index in [2.05, 4.69) is 5.32 Å². The zero-order valence-corrected chi connectivity index (χ0v) is 13.6. The van der Waals surface area contributed by atoms with E-state index in [1.54, 1.807) is 19.1 Å². The summed E-state index contributed by atoms with van der Waals surface area (Å²) in [7, 11) is 0. The molecule has 2 aromatic carbocycles. The quantitative estimate of drug-likeness (QED) is 0.787. The smallest absolute Gasteiger partial charge is 0.253 e. The van der Waals surface area contributed by atoms with Gasteiger partial charge in [0.1, 0.15) is 17.3 Å². The lowest BCUT2D eigenvalue weighted by atomic mass is 10.1. The first kappa shape index (κ1) is 16.8. The Balaban J connectivity index is 1.82. The van der Waals surface area contributed by atoms with Crippen LogP contribution in [0.5, 0.6) is 0 Å². The van der Waals surface area contributed by atoms with Crippen molar-refractivity contribution in [3.05, 3.63) is 76.1 Å². The number of halogens is 2. The molecule has 1 N–H and O–H groups in total. The van der Waals surface area contributed by atoms with Crippen molar-refractivity contribution in [1.82, 2.24) is 4.57 Å². The highest BCUT2D eigenvalue weighted by Crippen LogP contribution is 2.18. The van der Waals surface area contributed by atoms with Gasteiger partial charge in [-0.3, -0.25) is 9.59 Å². The monoisotopic (exact) mass is 342 g/mol. The van der Waals surface area contributed by atoms with Gasteiger partial charge in [0.15, 0.2) is 0 Å². The molecule has 128 valence electrons. The summed E-state index contributed by atoms with van der Waals surface area (Å²) < 4.78 is 28.7. The van der Waals surface area contributed by atoms with Crippen molar-refractivity contribution < 1.29 is 13.6 Å². The fraction of sp³-hybridized carbons (Fsp3) is 0.158. The molecule has 0 aliphatic carbocycles. The van der Waals surface area contributed by atoms with Crippen LogP contribution in [-0.2, 0) is 11.3 Å². The first-order chi connectivity index (χ1) is 12.0. The van der Waals surface area contributed by atoms with E-state index in [1.807, 2.05) is 18.2 Å². The van der Waals surface area contributed by atoms with E-state index >= 15 is 0 Å². The molecule has 0 saturated heterocycles. The molecule has 0 saturated carbocycles. The SMILES string of the molecule is Cc1cc2ccccc2n(CCC(=O)Nc2c(F)cccc2F)c1=O. The van der Waals surface area contributed by atoms with Crippen LogP contribution < -0.4 is 10.9 Å². The number of nitrogens with one attached hydrogen (secondary N) is 1. The van der Waals surface area contributed by atoms with Crippen molar-refractivity contribution in [2.45, 2.75) is 19.9 Å². The van der Waals surface area contributed by atoms with E-state index in [9.17, 15) is 18.4 Å². The third kappa shape index (κ3) is 3.42. The highest BCUT2D eigenvalue weighted by molar-refractivity contribution is 5.91. The van der Waals surface area contributed by atoms with Gasteiger partial charge in [-0.25, -0.2) is 8.78 Å². The summed E-state index contributed by atoms with van der Waals surface area (Å²) in [6.45, 7) is 1.82. The maximum absolute atomic E-state index is 13.6. The Kier molecular flexibility index (Phi) is 4.61. The van der Waals surface area contributed by atoms with Crippen molar-refractivity contribution >= 4 is 22.5 Å². The number of aromatic nitrogens is 1. The molecule has 0 aliphatic rings. The molecule has 0 radical (unpaired) electrons. The minimum absolute atomic E-state index is 0.0822. The summed E-state index contributed by atoms with van der Waals surface area (Å²) in [6.07, 6.45) is -0.0822. The number of pyridine rings is 1. The van der Waals surface area contributed by atoms with Gasteiger partial charge in [0, 0.05) is 18.5 Å². The van der Waals surface area contributed by atoms with Crippen LogP contribution in [0.2, 0.25) is 0 Å². The molecule has 0 atom stereocenters. The number of carbonyl (C=O) groups is 1. The molecule has 0 fully saturated rings. The molecule has 3 rings (SSSR count). The van der Waals surface area contributed by atoms with Gasteiger partial charge in [-0.2, -0.15) is 0 Å². The number of hydrogen-bond donors (Lipinski definition) is 1. The predicted octanol–water partition coefficient (Wildman–Crippen LogP) is 3.62. The number of hydrogen-bond acceptors (Lipinski definition) is 2. The van der Waals surface area contributed by atoms with Gasteiger partial charge < -0.3 is 9.88 Å². The van der Waals surface area contributed by atoms with E-state index in [4.69, 9.17) is 0 Å². The van der Waals surface area contributed by atoms with E-state index in [0.717, 1.165) is 17.5 Å². The highest BCUT2D eigenvalue weighted by Gasteiger charge is 2.13. The highest BCUT2D eigenvalue weighted by atomic mass is 19.1. The lowest BCUT2D eigenvalue weighted by molar-refractivity contribution is -0.116. The molecule has 4 nitrogen and oxygen atoms in total. The van der Waals surface area contributed by atoms with Crippen LogP contribution in [0.3, 0.4) is 0 Å². The summed E-state index contributed by atoms with van der Waals surface area (Å²) in [4.78, 5) is 24.4. The van der Waals surface area contributed by atoms with Crippen molar-refractivity contribution in [3.63, 3.8) is 0 Å². The van der Waals surface area contributed by atoms with Crippen LogP contribution >= 0.6 is 0 Å². The number of benzene rings is 2. The van der Waals surface area contributed by atoms with E-state index < -0.39 is 23.2 Å². The van der Waals surface area contributed by atoms with E-state index in [0.29, 0.717) is 11.1 Å². The molecule has 25 heavy (non-hydrogen) atoms. The van der Waals surface area contributed by atoms with E-state index in [1.165, 1.54) is 10.6 Å². The molecule has 1 aromatic heterocycles. The number of rotatable bonds is 4. The second-order valence-corrected chi connectivity index (χ2v) is 5.74. The predicted molar refractivity (Wildman–Crippen MR) is 92.5 cm³/mol. The number of amides is 1. The third-order valence-corrected chi connectivity index (χ3v) is 3.97. The lowest BCUT2D eigenvalue weighted by Gasteiger charge is -2.12. The zero-order chi connectivity index (χ0) is 18.0. The van der Waals surface area contributed by atoms with Crippen LogP contribution in [0, 0.1) is 18.6 Å². The number of anilines is 1. The Morgan fingerprint density at radius 1 is 1.08 bits per heavy atom. The average molecular weight is 342 g/mol. The van der Waals surface area contributed by atoms with Crippen molar-refractivity contribution in [3.8, 4) is 0 Å². The molecule has 0 spiro atoms. The molecule has 1 heterocycles. The molecule has 0 unspecified atom stereocenters. The van der Waals surface area contributed by atoms with Gasteiger partial charge in [0.05, 0.1) is 5.52 Å². The maximum atomic E-state index is 13.6. The molecule has 1 amide bonds. The average Bonchev–Trinajstić information content (AvgIpc) is 2.59. The molecule has 0 aliphatic heterocycles. The zero-order valence-electron chi connectivity index (χ0n) is 13.6. The summed E-state index contributed by atoms with van der Waals surface area (Å²) in [6, 6.07) is 12.5. The first-order valence-corrected chi connectivity index (χ1v) is 7.80. The second kappa shape index (κ2) is 6.84. The standard InChI is InChI=1S/C19H16F2N2O2/c1-12-11-13-5-2-3-8-16(13)23(19(12)25)10-9-17(24)22-18-14(20)6-4-7-15(18)21/h2-8,11H,9-10H2,1H3,(H,22,24). The second-order valence-electron chi connectivity index (χ2n) is 5.74. The van der Waals surface area contributed by atoms with Crippen molar-refractivity contribution in [2.24, 2.45) is 0 Å². The van der Waals surface area contributed by atoms with Gasteiger partial charge in [-0.15, -0.1) is 0 Å².